The van der Waals surface area contributed by atoms with Gasteiger partial charge in [0.25, 0.3) is 5.91 Å². The lowest BCUT2D eigenvalue weighted by atomic mass is 10.1. The number of rotatable bonds is 5. The summed E-state index contributed by atoms with van der Waals surface area (Å²) in [5.74, 6) is -0.160. The minimum Gasteiger partial charge on any atom is -0.396 e. The van der Waals surface area contributed by atoms with Crippen LogP contribution in [-0.4, -0.2) is 27.0 Å². The number of fused-ring (bicyclic) bond motifs is 1. The molecule has 0 saturated heterocycles. The highest BCUT2D eigenvalue weighted by Gasteiger charge is 2.16. The number of carbonyl (C=O) groups excluding carboxylic acids is 1. The van der Waals surface area contributed by atoms with Gasteiger partial charge in [0.1, 0.15) is 5.65 Å². The maximum atomic E-state index is 12.4. The predicted molar refractivity (Wildman–Crippen MR) is 81.4 cm³/mol. The second-order valence-corrected chi connectivity index (χ2v) is 5.64. The normalized spacial score (nSPS) is 12.4. The van der Waals surface area contributed by atoms with E-state index >= 15 is 0 Å². The number of amides is 1. The molecule has 108 valence electrons. The highest BCUT2D eigenvalue weighted by Crippen LogP contribution is 2.22. The summed E-state index contributed by atoms with van der Waals surface area (Å²) in [5.41, 5.74) is 1.30. The fourth-order valence-electron chi connectivity index (χ4n) is 2.20. The first-order valence-electron chi connectivity index (χ1n) is 6.66. The molecule has 0 unspecified atom stereocenters. The first kappa shape index (κ1) is 13.8. The van der Waals surface area contributed by atoms with Crippen LogP contribution in [0.4, 0.5) is 0 Å². The monoisotopic (exact) mass is 301 g/mol. The Morgan fingerprint density at radius 1 is 1.43 bits per heavy atom. The van der Waals surface area contributed by atoms with Crippen molar-refractivity contribution in [3.8, 4) is 0 Å². The number of pyridine rings is 1. The van der Waals surface area contributed by atoms with Gasteiger partial charge >= 0.3 is 0 Å². The van der Waals surface area contributed by atoms with Crippen LogP contribution in [0, 0.1) is 0 Å². The Hall–Kier alpha value is -2.18. The van der Waals surface area contributed by atoms with E-state index in [1.165, 1.54) is 0 Å². The smallest absolute Gasteiger partial charge is 0.251 e. The van der Waals surface area contributed by atoms with Crippen molar-refractivity contribution in [2.75, 3.05) is 6.61 Å². The number of imidazole rings is 1. The summed E-state index contributed by atoms with van der Waals surface area (Å²) in [6.07, 6.45) is 5.83. The molecule has 0 spiro atoms. The Bertz CT molecular complexity index is 736. The van der Waals surface area contributed by atoms with E-state index in [-0.39, 0.29) is 18.6 Å². The number of thiophene rings is 1. The van der Waals surface area contributed by atoms with Crippen molar-refractivity contribution in [3.05, 3.63) is 58.7 Å². The molecule has 0 aliphatic carbocycles. The van der Waals surface area contributed by atoms with Crippen molar-refractivity contribution in [2.45, 2.75) is 12.5 Å². The number of aliphatic hydroxyl groups excluding tert-OH is 1. The molecule has 3 heterocycles. The van der Waals surface area contributed by atoms with Crippen LogP contribution >= 0.6 is 11.3 Å². The van der Waals surface area contributed by atoms with Gasteiger partial charge in [-0.05, 0) is 30.0 Å². The van der Waals surface area contributed by atoms with Crippen LogP contribution in [0.3, 0.4) is 0 Å². The summed E-state index contributed by atoms with van der Waals surface area (Å²) in [6.45, 7) is 0.0299. The molecule has 3 aromatic rings. The van der Waals surface area contributed by atoms with E-state index in [1.807, 2.05) is 34.3 Å². The third kappa shape index (κ3) is 2.96. The maximum Gasteiger partial charge on any atom is 0.251 e. The second-order valence-electron chi connectivity index (χ2n) is 4.66. The molecular weight excluding hydrogens is 286 g/mol. The fraction of sp³-hybridized carbons (Fsp3) is 0.200. The molecular formula is C15H15N3O2S. The average molecular weight is 301 g/mol. The lowest BCUT2D eigenvalue weighted by molar-refractivity contribution is 0.0931. The number of hydrogen-bond donors (Lipinski definition) is 2. The molecule has 0 radical (unpaired) electrons. The van der Waals surface area contributed by atoms with Gasteiger partial charge in [-0.1, -0.05) is 6.07 Å². The summed E-state index contributed by atoms with van der Waals surface area (Å²) in [5, 5.41) is 14.1. The zero-order valence-electron chi connectivity index (χ0n) is 11.3. The molecule has 0 aliphatic heterocycles. The zero-order valence-corrected chi connectivity index (χ0v) is 12.1. The van der Waals surface area contributed by atoms with Gasteiger partial charge < -0.3 is 14.8 Å². The van der Waals surface area contributed by atoms with E-state index < -0.39 is 0 Å². The molecule has 1 amide bonds. The van der Waals surface area contributed by atoms with Crippen LogP contribution < -0.4 is 5.32 Å². The van der Waals surface area contributed by atoms with E-state index in [0.717, 1.165) is 10.5 Å². The van der Waals surface area contributed by atoms with Crippen LogP contribution in [0.5, 0.6) is 0 Å². The third-order valence-corrected chi connectivity index (χ3v) is 4.26. The van der Waals surface area contributed by atoms with Crippen LogP contribution in [0.25, 0.3) is 5.65 Å². The molecule has 0 saturated carbocycles. The number of nitrogens with zero attached hydrogens (tertiary/aromatic N) is 2. The van der Waals surface area contributed by atoms with E-state index in [4.69, 9.17) is 0 Å². The van der Waals surface area contributed by atoms with E-state index in [2.05, 4.69) is 10.3 Å². The minimum atomic E-state index is -0.168. The van der Waals surface area contributed by atoms with Gasteiger partial charge in [0.2, 0.25) is 0 Å². The summed E-state index contributed by atoms with van der Waals surface area (Å²) >= 11 is 1.57. The second kappa shape index (κ2) is 6.07. The molecule has 0 aromatic carbocycles. The zero-order chi connectivity index (χ0) is 14.7. The minimum absolute atomic E-state index is 0.0299. The molecule has 0 bridgehead atoms. The van der Waals surface area contributed by atoms with Crippen molar-refractivity contribution >= 4 is 22.9 Å². The largest absolute Gasteiger partial charge is 0.396 e. The van der Waals surface area contributed by atoms with E-state index in [9.17, 15) is 9.90 Å². The highest BCUT2D eigenvalue weighted by molar-refractivity contribution is 7.10. The lowest BCUT2D eigenvalue weighted by Crippen LogP contribution is -2.28. The highest BCUT2D eigenvalue weighted by atomic mass is 32.1. The van der Waals surface area contributed by atoms with Crippen LogP contribution in [0.15, 0.2) is 48.2 Å². The van der Waals surface area contributed by atoms with E-state index in [1.54, 1.807) is 29.7 Å². The molecule has 6 heteroatoms. The van der Waals surface area contributed by atoms with Gasteiger partial charge in [-0.15, -0.1) is 11.3 Å². The number of nitrogens with one attached hydrogen (secondary N) is 1. The van der Waals surface area contributed by atoms with Crippen molar-refractivity contribution < 1.29 is 9.90 Å². The SMILES string of the molecule is O=C(N[C@@H](CCO)c1cccs1)c1ccn2ccnc2c1. The lowest BCUT2D eigenvalue weighted by Gasteiger charge is -2.16. The van der Waals surface area contributed by atoms with Crippen molar-refractivity contribution in [1.29, 1.82) is 0 Å². The third-order valence-electron chi connectivity index (χ3n) is 3.27. The Morgan fingerprint density at radius 3 is 3.10 bits per heavy atom. The van der Waals surface area contributed by atoms with Crippen molar-refractivity contribution in [3.63, 3.8) is 0 Å². The predicted octanol–water partition coefficient (Wildman–Crippen LogP) is 2.25. The Balaban J connectivity index is 1.80. The summed E-state index contributed by atoms with van der Waals surface area (Å²) in [7, 11) is 0. The average Bonchev–Trinajstić information content (AvgIpc) is 3.17. The van der Waals surface area contributed by atoms with Crippen LogP contribution in [0.2, 0.25) is 0 Å². The van der Waals surface area contributed by atoms with Crippen molar-refractivity contribution in [2.24, 2.45) is 0 Å². The van der Waals surface area contributed by atoms with Crippen LogP contribution in [0.1, 0.15) is 27.7 Å². The fourth-order valence-corrected chi connectivity index (χ4v) is 3.01. The first-order chi connectivity index (χ1) is 10.3. The topological polar surface area (TPSA) is 66.6 Å². The summed E-state index contributed by atoms with van der Waals surface area (Å²) < 4.78 is 1.85. The standard InChI is InChI=1S/C15H15N3O2S/c19-8-4-12(13-2-1-9-21-13)17-15(20)11-3-6-18-7-5-16-14(18)10-11/h1-3,5-7,9-10,12,19H,4,8H2,(H,17,20)/t12-/m0/s1. The number of aliphatic hydroxyl groups is 1. The maximum absolute atomic E-state index is 12.4. The number of aromatic nitrogens is 2. The Labute approximate surface area is 125 Å². The van der Waals surface area contributed by atoms with Gasteiger partial charge in [-0.25, -0.2) is 4.98 Å². The Morgan fingerprint density at radius 2 is 2.33 bits per heavy atom. The molecule has 1 atom stereocenters. The summed E-state index contributed by atoms with van der Waals surface area (Å²) in [4.78, 5) is 17.6. The molecule has 3 aromatic heterocycles. The number of hydrogen-bond acceptors (Lipinski definition) is 4. The molecule has 2 N–H and O–H groups in total. The van der Waals surface area contributed by atoms with E-state index in [0.29, 0.717) is 12.0 Å². The van der Waals surface area contributed by atoms with Gasteiger partial charge in [0.05, 0.1) is 6.04 Å². The van der Waals surface area contributed by atoms with Crippen LogP contribution in [-0.2, 0) is 0 Å². The van der Waals surface area contributed by atoms with Gasteiger partial charge in [0, 0.05) is 35.6 Å². The quantitative estimate of drug-likeness (QED) is 0.759. The molecule has 3 rings (SSSR count). The van der Waals surface area contributed by atoms with Gasteiger partial charge in [-0.3, -0.25) is 4.79 Å². The first-order valence-corrected chi connectivity index (χ1v) is 7.54. The van der Waals surface area contributed by atoms with Gasteiger partial charge in [-0.2, -0.15) is 0 Å². The van der Waals surface area contributed by atoms with Crippen molar-refractivity contribution in [1.82, 2.24) is 14.7 Å². The summed E-state index contributed by atoms with van der Waals surface area (Å²) in [6, 6.07) is 7.24. The number of carbonyl (C=O) groups is 1. The molecule has 0 aliphatic rings. The molecule has 5 nitrogen and oxygen atoms in total. The Kier molecular flexibility index (Phi) is 3.98. The molecule has 21 heavy (non-hydrogen) atoms. The van der Waals surface area contributed by atoms with Gasteiger partial charge in [0.15, 0.2) is 0 Å². The molecule has 0 fully saturated rings.